The van der Waals surface area contributed by atoms with E-state index in [9.17, 15) is 33.7 Å². The van der Waals surface area contributed by atoms with E-state index in [0.717, 1.165) is 12.8 Å². The number of ether oxygens (including phenoxy) is 1. The van der Waals surface area contributed by atoms with Gasteiger partial charge in [0.15, 0.2) is 0 Å². The molecule has 0 bridgehead atoms. The third kappa shape index (κ3) is 8.00. The number of alkyl halides is 1. The Balaban J connectivity index is 1.65. The number of hydrogen-bond donors (Lipinski definition) is 3. The number of nitrogens with zero attached hydrogens (tertiary/aromatic N) is 3. The number of halogens is 2. The molecule has 3 rings (SSSR count). The molecular formula is C26H35BF2N4O5. The molecule has 2 saturated heterocycles. The molecule has 2 aliphatic rings. The maximum Gasteiger partial charge on any atom is 0.453 e. The van der Waals surface area contributed by atoms with Gasteiger partial charge in [0.2, 0.25) is 0 Å². The van der Waals surface area contributed by atoms with E-state index >= 15 is 0 Å². The van der Waals surface area contributed by atoms with Gasteiger partial charge in [0.05, 0.1) is 12.1 Å². The molecule has 12 heteroatoms. The van der Waals surface area contributed by atoms with Crippen LogP contribution in [0.3, 0.4) is 0 Å². The molecule has 1 aromatic carbocycles. The van der Waals surface area contributed by atoms with Crippen LogP contribution in [0.1, 0.15) is 51.1 Å². The molecule has 1 unspecified atom stereocenters. The predicted molar refractivity (Wildman–Crippen MR) is 137 cm³/mol. The van der Waals surface area contributed by atoms with Crippen LogP contribution in [-0.2, 0) is 9.53 Å². The summed E-state index contributed by atoms with van der Waals surface area (Å²) in [4.78, 5) is 29.4. The van der Waals surface area contributed by atoms with E-state index in [1.807, 2.05) is 24.8 Å². The quantitative estimate of drug-likeness (QED) is 0.254. The van der Waals surface area contributed by atoms with Gasteiger partial charge in [-0.2, -0.15) is 5.26 Å². The molecule has 2 fully saturated rings. The van der Waals surface area contributed by atoms with Crippen LogP contribution in [0.25, 0.3) is 0 Å². The van der Waals surface area contributed by atoms with Gasteiger partial charge in [-0.1, -0.05) is 12.1 Å². The summed E-state index contributed by atoms with van der Waals surface area (Å²) in [5.41, 5.74) is -0.257. The third-order valence-electron chi connectivity index (χ3n) is 7.10. The van der Waals surface area contributed by atoms with Gasteiger partial charge in [-0.3, -0.25) is 9.69 Å². The largest absolute Gasteiger partial charge is 0.453 e. The summed E-state index contributed by atoms with van der Waals surface area (Å²) in [6.07, 6.45) is 2.14. The minimum atomic E-state index is -1.71. The van der Waals surface area contributed by atoms with E-state index in [4.69, 9.17) is 4.74 Å². The molecule has 3 N–H and O–H groups in total. The van der Waals surface area contributed by atoms with Crippen molar-refractivity contribution in [2.45, 2.75) is 69.6 Å². The fraction of sp³-hybridized carbons (Fsp3) is 0.577. The summed E-state index contributed by atoms with van der Waals surface area (Å²) >= 11 is 0. The van der Waals surface area contributed by atoms with Crippen LogP contribution in [-0.4, -0.2) is 83.0 Å². The molecule has 3 atom stereocenters. The van der Waals surface area contributed by atoms with E-state index in [1.54, 1.807) is 11.0 Å². The molecular weight excluding hydrogens is 497 g/mol. The Labute approximate surface area is 222 Å². The minimum absolute atomic E-state index is 0.0398. The Morgan fingerprint density at radius 1 is 1.26 bits per heavy atom. The van der Waals surface area contributed by atoms with Crippen molar-refractivity contribution >= 4 is 19.1 Å². The first-order valence-electron chi connectivity index (χ1n) is 12.9. The second-order valence-electron chi connectivity index (χ2n) is 10.4. The number of carbonyl (C=O) groups excluding carboxylic acids is 2. The van der Waals surface area contributed by atoms with Crippen LogP contribution < -0.4 is 5.32 Å². The molecule has 2 heterocycles. The number of piperidine rings is 1. The lowest BCUT2D eigenvalue weighted by Gasteiger charge is -2.36. The molecule has 0 aromatic heterocycles. The van der Waals surface area contributed by atoms with E-state index in [0.29, 0.717) is 31.5 Å². The topological polar surface area (TPSA) is 126 Å². The Kier molecular flexibility index (Phi) is 10.2. The first kappa shape index (κ1) is 29.5. The van der Waals surface area contributed by atoms with E-state index < -0.39 is 48.7 Å². The van der Waals surface area contributed by atoms with Crippen molar-refractivity contribution in [3.63, 3.8) is 0 Å². The van der Waals surface area contributed by atoms with Gasteiger partial charge in [0.1, 0.15) is 30.2 Å². The van der Waals surface area contributed by atoms with Crippen LogP contribution in [0.15, 0.2) is 35.9 Å². The number of hydrogen-bond acceptors (Lipinski definition) is 7. The lowest BCUT2D eigenvalue weighted by Crippen LogP contribution is -2.48. The molecule has 0 aliphatic carbocycles. The van der Waals surface area contributed by atoms with E-state index in [1.165, 1.54) is 24.3 Å². The Morgan fingerprint density at radius 2 is 1.97 bits per heavy atom. The number of carbonyl (C=O) groups is 2. The second-order valence-corrected chi connectivity index (χ2v) is 10.4. The average molecular weight is 532 g/mol. The van der Waals surface area contributed by atoms with E-state index in [-0.39, 0.29) is 25.0 Å². The van der Waals surface area contributed by atoms with Crippen molar-refractivity contribution in [3.05, 3.63) is 47.3 Å². The molecule has 0 radical (unpaired) electrons. The summed E-state index contributed by atoms with van der Waals surface area (Å²) in [7, 11) is -1.71. The fourth-order valence-corrected chi connectivity index (χ4v) is 4.96. The van der Waals surface area contributed by atoms with Gasteiger partial charge in [-0.25, -0.2) is 13.6 Å². The molecule has 2 amide bonds. The van der Waals surface area contributed by atoms with Gasteiger partial charge in [-0.05, 0) is 63.3 Å². The van der Waals surface area contributed by atoms with Crippen LogP contribution in [0.4, 0.5) is 13.6 Å². The number of likely N-dealkylation sites (tertiary alicyclic amines) is 2. The zero-order valence-electron chi connectivity index (χ0n) is 21.8. The van der Waals surface area contributed by atoms with Crippen LogP contribution in [0.2, 0.25) is 6.32 Å². The van der Waals surface area contributed by atoms with Crippen molar-refractivity contribution in [1.29, 1.82) is 5.26 Å². The number of alkyl carbamates (subject to hydrolysis) is 1. The highest BCUT2D eigenvalue weighted by Crippen LogP contribution is 2.27. The summed E-state index contributed by atoms with van der Waals surface area (Å²) < 4.78 is 32.4. The SMILES string of the molecule is CC(C)(C=C(C#N)C(=O)N1CCCCC1COC(=O)N[C@H](CB(O)O)c1ccc(F)cc1)N1CC[C@H](F)C1. The molecule has 38 heavy (non-hydrogen) atoms. The van der Waals surface area contributed by atoms with Crippen molar-refractivity contribution in [3.8, 4) is 6.07 Å². The van der Waals surface area contributed by atoms with Crippen molar-refractivity contribution in [2.24, 2.45) is 0 Å². The number of rotatable bonds is 9. The Bertz CT molecular complexity index is 1050. The Hall–Kier alpha value is -3.01. The fourth-order valence-electron chi connectivity index (χ4n) is 4.96. The zero-order chi connectivity index (χ0) is 27.9. The molecule has 0 spiro atoms. The summed E-state index contributed by atoms with van der Waals surface area (Å²) in [6.45, 7) is 4.76. The maximum atomic E-state index is 13.7. The van der Waals surface area contributed by atoms with Crippen LogP contribution >= 0.6 is 0 Å². The monoisotopic (exact) mass is 532 g/mol. The molecule has 0 saturated carbocycles. The van der Waals surface area contributed by atoms with Crippen molar-refractivity contribution < 1.29 is 33.2 Å². The highest BCUT2D eigenvalue weighted by Gasteiger charge is 2.35. The lowest BCUT2D eigenvalue weighted by molar-refractivity contribution is -0.131. The van der Waals surface area contributed by atoms with Gasteiger partial charge in [0.25, 0.3) is 5.91 Å². The number of amides is 2. The standard InChI is InChI=1S/C26H35BF2N4O5/c1-26(2,32-12-10-21(29)16-32)13-19(15-30)24(34)33-11-4-3-5-22(33)17-38-25(35)31-23(14-27(36)37)18-6-8-20(28)9-7-18/h6-9,13,21-23,36-37H,3-5,10-12,14,16-17H2,1-2H3,(H,31,35)/t21-,22?,23+/m0/s1. The number of nitriles is 1. The molecule has 206 valence electrons. The molecule has 2 aliphatic heterocycles. The van der Waals surface area contributed by atoms with Crippen molar-refractivity contribution in [1.82, 2.24) is 15.1 Å². The van der Waals surface area contributed by atoms with Crippen LogP contribution in [0.5, 0.6) is 0 Å². The maximum absolute atomic E-state index is 13.7. The third-order valence-corrected chi connectivity index (χ3v) is 7.10. The average Bonchev–Trinajstić information content (AvgIpc) is 3.33. The van der Waals surface area contributed by atoms with Gasteiger partial charge in [-0.15, -0.1) is 0 Å². The van der Waals surface area contributed by atoms with Gasteiger partial charge >= 0.3 is 13.2 Å². The molecule has 9 nitrogen and oxygen atoms in total. The number of nitrogens with one attached hydrogen (secondary N) is 1. The zero-order valence-corrected chi connectivity index (χ0v) is 21.8. The smallest absolute Gasteiger partial charge is 0.447 e. The summed E-state index contributed by atoms with van der Waals surface area (Å²) in [5, 5.41) is 31.2. The summed E-state index contributed by atoms with van der Waals surface area (Å²) in [6, 6.07) is 5.97. The lowest BCUT2D eigenvalue weighted by atomic mass is 9.79. The van der Waals surface area contributed by atoms with E-state index in [2.05, 4.69) is 5.32 Å². The predicted octanol–water partition coefficient (Wildman–Crippen LogP) is 2.72. The highest BCUT2D eigenvalue weighted by atomic mass is 19.1. The van der Waals surface area contributed by atoms with Crippen molar-refractivity contribution in [2.75, 3.05) is 26.2 Å². The van der Waals surface area contributed by atoms with Crippen LogP contribution in [0, 0.1) is 17.1 Å². The second kappa shape index (κ2) is 13.2. The molecule has 1 aromatic rings. The Morgan fingerprint density at radius 3 is 2.58 bits per heavy atom. The van der Waals surface area contributed by atoms with Gasteiger partial charge in [0, 0.05) is 31.5 Å². The summed E-state index contributed by atoms with van der Waals surface area (Å²) in [5.74, 6) is -0.930. The first-order chi connectivity index (χ1) is 18.0. The normalized spacial score (nSPS) is 21.5. The highest BCUT2D eigenvalue weighted by molar-refractivity contribution is 6.41. The minimum Gasteiger partial charge on any atom is -0.447 e. The number of benzene rings is 1. The van der Waals surface area contributed by atoms with Gasteiger partial charge < -0.3 is 25.0 Å². The first-order valence-corrected chi connectivity index (χ1v) is 12.9.